The minimum atomic E-state index is -0.828. The number of aromatic nitrogens is 3. The van der Waals surface area contributed by atoms with E-state index >= 15 is 0 Å². The van der Waals surface area contributed by atoms with Gasteiger partial charge in [-0.05, 0) is 48.4 Å². The number of hydrogen-bond acceptors (Lipinski definition) is 7. The Morgan fingerprint density at radius 3 is 2.80 bits per heavy atom. The third-order valence-electron chi connectivity index (χ3n) is 6.86. The third-order valence-corrected chi connectivity index (χ3v) is 7.10. The molecule has 5 rings (SSSR count). The molecule has 206 valence electrons. The van der Waals surface area contributed by atoms with Gasteiger partial charge in [-0.1, -0.05) is 29.7 Å². The third kappa shape index (κ3) is 5.76. The molecule has 1 aliphatic heterocycles. The second-order valence-electron chi connectivity index (χ2n) is 9.52. The number of H-pyrrole nitrogens is 2. The zero-order valence-electron chi connectivity index (χ0n) is 21.9. The number of anilines is 2. The van der Waals surface area contributed by atoms with Crippen LogP contribution in [0.2, 0.25) is 5.02 Å². The lowest BCUT2D eigenvalue weighted by Crippen LogP contribution is -2.49. The number of nitrogens with one attached hydrogen (secondary N) is 3. The molecule has 2 aromatic heterocycles. The first-order chi connectivity index (χ1) is 19.3. The molecule has 0 saturated carbocycles. The number of aryl methyl sites for hydroxylation is 1. The first-order valence-electron chi connectivity index (χ1n) is 12.8. The van der Waals surface area contributed by atoms with Crippen LogP contribution >= 0.6 is 11.6 Å². The van der Waals surface area contributed by atoms with Gasteiger partial charge in [-0.25, -0.2) is 9.78 Å². The Balaban J connectivity index is 1.36. The molecular weight excluding hydrogens is 532 g/mol. The Kier molecular flexibility index (Phi) is 7.96. The molecule has 1 aliphatic rings. The summed E-state index contributed by atoms with van der Waals surface area (Å²) in [7, 11) is 0. The van der Waals surface area contributed by atoms with E-state index in [0.29, 0.717) is 53.8 Å². The molecule has 0 aliphatic carbocycles. The van der Waals surface area contributed by atoms with E-state index in [1.165, 1.54) is 0 Å². The summed E-state index contributed by atoms with van der Waals surface area (Å²) in [6, 6.07) is 12.8. The lowest BCUT2D eigenvalue weighted by molar-refractivity contribution is 0.111. The van der Waals surface area contributed by atoms with Gasteiger partial charge in [0.1, 0.15) is 11.4 Å². The summed E-state index contributed by atoms with van der Waals surface area (Å²) in [5.41, 5.74) is 4.71. The first-order valence-corrected chi connectivity index (χ1v) is 13.2. The lowest BCUT2D eigenvalue weighted by atomic mass is 10.1. The molecule has 1 fully saturated rings. The minimum absolute atomic E-state index is 0.0406. The van der Waals surface area contributed by atoms with Crippen LogP contribution in [0.25, 0.3) is 22.4 Å². The number of benzene rings is 2. The summed E-state index contributed by atoms with van der Waals surface area (Å²) < 4.78 is 5.04. The highest BCUT2D eigenvalue weighted by molar-refractivity contribution is 6.30. The van der Waals surface area contributed by atoms with Crippen LogP contribution in [0.1, 0.15) is 17.2 Å². The normalized spacial score (nSPS) is 14.2. The largest absolute Gasteiger partial charge is 0.436 e. The van der Waals surface area contributed by atoms with Crippen molar-refractivity contribution in [1.29, 1.82) is 0 Å². The maximum Gasteiger partial charge on any atom is 0.410 e. The van der Waals surface area contributed by atoms with Gasteiger partial charge in [0, 0.05) is 49.6 Å². The fraction of sp³-hybridized carbons (Fsp3) is 0.276. The van der Waals surface area contributed by atoms with E-state index in [9.17, 15) is 14.7 Å². The van der Waals surface area contributed by atoms with Gasteiger partial charge in [0.2, 0.25) is 0 Å². The zero-order chi connectivity index (χ0) is 28.2. The quantitative estimate of drug-likeness (QED) is 0.252. The van der Waals surface area contributed by atoms with Crippen molar-refractivity contribution in [1.82, 2.24) is 19.9 Å². The highest BCUT2D eigenvalue weighted by Crippen LogP contribution is 2.30. The molecule has 4 aromatic rings. The number of piperazine rings is 1. The number of pyridine rings is 1. The molecule has 1 atom stereocenters. The number of nitrogens with zero attached hydrogens (tertiary/aromatic N) is 3. The van der Waals surface area contributed by atoms with Gasteiger partial charge in [-0.3, -0.25) is 4.79 Å². The summed E-state index contributed by atoms with van der Waals surface area (Å²) in [6.45, 7) is 4.41. The number of halogens is 1. The van der Waals surface area contributed by atoms with Crippen LogP contribution in [0.5, 0.6) is 0 Å². The van der Waals surface area contributed by atoms with Crippen molar-refractivity contribution in [3.05, 3.63) is 75.2 Å². The first kappa shape index (κ1) is 27.1. The number of rotatable bonds is 7. The molecule has 0 bridgehead atoms. The van der Waals surface area contributed by atoms with Crippen molar-refractivity contribution >= 4 is 40.1 Å². The van der Waals surface area contributed by atoms with E-state index in [-0.39, 0.29) is 18.7 Å². The standard InChI is InChI=1S/C29H29ClN6O4/c1-3-13-40-29(39)36-11-9-35(10-12-36)21-14-18(2)26-23(16-21)33-27(34-26)25-22(7-8-31-28(25)38)32-17-24(37)19-5-4-6-20(30)15-19/h1,4-8,14-16,24,37H,9-13,17H2,2H3,(H,33,34)(H2,31,32,38)/t24-/m1/s1. The number of terminal acetylenes is 1. The zero-order valence-corrected chi connectivity index (χ0v) is 22.7. The fourth-order valence-electron chi connectivity index (χ4n) is 4.81. The molecular formula is C29H29ClN6O4. The van der Waals surface area contributed by atoms with Crippen LogP contribution in [0.15, 0.2) is 53.5 Å². The molecule has 3 heterocycles. The average Bonchev–Trinajstić information content (AvgIpc) is 3.39. The van der Waals surface area contributed by atoms with Gasteiger partial charge >= 0.3 is 6.09 Å². The molecule has 1 amide bonds. The number of carbonyl (C=O) groups is 1. The van der Waals surface area contributed by atoms with Crippen molar-refractivity contribution in [2.75, 3.05) is 49.5 Å². The summed E-state index contributed by atoms with van der Waals surface area (Å²) in [5.74, 6) is 2.72. The molecule has 40 heavy (non-hydrogen) atoms. The van der Waals surface area contributed by atoms with Crippen LogP contribution in [-0.2, 0) is 4.74 Å². The fourth-order valence-corrected chi connectivity index (χ4v) is 5.01. The van der Waals surface area contributed by atoms with Crippen molar-refractivity contribution in [3.8, 4) is 23.7 Å². The number of aliphatic hydroxyl groups is 1. The Hall–Kier alpha value is -4.46. The number of fused-ring (bicyclic) bond motifs is 1. The van der Waals surface area contributed by atoms with Crippen LogP contribution in [-0.4, -0.2) is 70.4 Å². The number of carbonyl (C=O) groups excluding carboxylic acids is 1. The molecule has 0 spiro atoms. The predicted octanol–water partition coefficient (Wildman–Crippen LogP) is 3.92. The van der Waals surface area contributed by atoms with Crippen LogP contribution in [0, 0.1) is 19.3 Å². The van der Waals surface area contributed by atoms with E-state index in [4.69, 9.17) is 27.7 Å². The van der Waals surface area contributed by atoms with Crippen molar-refractivity contribution in [2.45, 2.75) is 13.0 Å². The second kappa shape index (κ2) is 11.7. The highest BCUT2D eigenvalue weighted by Gasteiger charge is 2.23. The van der Waals surface area contributed by atoms with Crippen molar-refractivity contribution in [3.63, 3.8) is 0 Å². The molecule has 2 aromatic carbocycles. The maximum absolute atomic E-state index is 12.9. The minimum Gasteiger partial charge on any atom is -0.436 e. The average molecular weight is 561 g/mol. The number of amides is 1. The van der Waals surface area contributed by atoms with Crippen LogP contribution < -0.4 is 15.8 Å². The molecule has 1 saturated heterocycles. The van der Waals surface area contributed by atoms with Gasteiger partial charge < -0.3 is 34.9 Å². The van der Waals surface area contributed by atoms with E-state index in [1.807, 2.05) is 13.0 Å². The Morgan fingerprint density at radius 1 is 1.25 bits per heavy atom. The molecule has 4 N–H and O–H groups in total. The van der Waals surface area contributed by atoms with Crippen LogP contribution in [0.3, 0.4) is 0 Å². The predicted molar refractivity (Wildman–Crippen MR) is 156 cm³/mol. The van der Waals surface area contributed by atoms with Gasteiger partial charge in [0.05, 0.1) is 22.8 Å². The molecule has 0 unspecified atom stereocenters. The van der Waals surface area contributed by atoms with Gasteiger partial charge in [0.25, 0.3) is 5.56 Å². The van der Waals surface area contributed by atoms with E-state index < -0.39 is 12.2 Å². The van der Waals surface area contributed by atoms with Crippen molar-refractivity contribution in [2.24, 2.45) is 0 Å². The van der Waals surface area contributed by atoms with E-state index in [0.717, 1.165) is 22.3 Å². The summed E-state index contributed by atoms with van der Waals surface area (Å²) >= 11 is 6.06. The summed E-state index contributed by atoms with van der Waals surface area (Å²) in [4.78, 5) is 39.7. The number of aromatic amines is 2. The number of hydrogen-bond donors (Lipinski definition) is 4. The topological polar surface area (TPSA) is 127 Å². The molecule has 0 radical (unpaired) electrons. The molecule has 10 nitrogen and oxygen atoms in total. The Labute approximate surface area is 235 Å². The Bertz CT molecular complexity index is 1630. The SMILES string of the molecule is C#CCOC(=O)N1CCN(c2cc(C)c3nc(-c4c(NC[C@@H](O)c5cccc(Cl)c5)cc[nH]c4=O)[nH]c3c2)CC1. The number of imidazole rings is 1. The van der Waals surface area contributed by atoms with E-state index in [2.05, 4.69) is 32.2 Å². The number of aliphatic hydroxyl groups excluding tert-OH is 1. The Morgan fingerprint density at radius 2 is 2.05 bits per heavy atom. The lowest BCUT2D eigenvalue weighted by Gasteiger charge is -2.35. The van der Waals surface area contributed by atoms with E-state index in [1.54, 1.807) is 41.4 Å². The van der Waals surface area contributed by atoms with Crippen LogP contribution in [0.4, 0.5) is 16.2 Å². The highest BCUT2D eigenvalue weighted by atomic mass is 35.5. The summed E-state index contributed by atoms with van der Waals surface area (Å²) in [5, 5.41) is 14.4. The molecule has 11 heteroatoms. The maximum atomic E-state index is 12.9. The second-order valence-corrected chi connectivity index (χ2v) is 9.96. The van der Waals surface area contributed by atoms with Gasteiger partial charge in [-0.2, -0.15) is 0 Å². The van der Waals surface area contributed by atoms with Gasteiger partial charge in [0.15, 0.2) is 6.61 Å². The number of ether oxygens (including phenoxy) is 1. The summed E-state index contributed by atoms with van der Waals surface area (Å²) in [6.07, 6.45) is 5.49. The van der Waals surface area contributed by atoms with Gasteiger partial charge in [-0.15, -0.1) is 6.42 Å². The van der Waals surface area contributed by atoms with Crippen molar-refractivity contribution < 1.29 is 14.6 Å². The monoisotopic (exact) mass is 560 g/mol. The smallest absolute Gasteiger partial charge is 0.410 e.